The Morgan fingerprint density at radius 2 is 1.78 bits per heavy atom. The van der Waals surface area contributed by atoms with Crippen LogP contribution in [0.1, 0.15) is 23.0 Å². The van der Waals surface area contributed by atoms with Crippen molar-refractivity contribution in [1.29, 1.82) is 0 Å². The van der Waals surface area contributed by atoms with E-state index in [1.807, 2.05) is 12.1 Å². The summed E-state index contributed by atoms with van der Waals surface area (Å²) in [4.78, 5) is 12.5. The van der Waals surface area contributed by atoms with Crippen molar-refractivity contribution in [1.82, 2.24) is 4.57 Å². The number of hydrogen-bond acceptors (Lipinski definition) is 4. The Labute approximate surface area is 155 Å². The van der Waals surface area contributed by atoms with E-state index in [1.54, 1.807) is 43.7 Å². The van der Waals surface area contributed by atoms with Crippen LogP contribution in [0.4, 0.5) is 8.78 Å². The van der Waals surface area contributed by atoms with E-state index in [9.17, 15) is 13.6 Å². The van der Waals surface area contributed by atoms with E-state index in [-0.39, 0.29) is 12.4 Å². The maximum absolute atomic E-state index is 12.6. The zero-order valence-electron chi connectivity index (χ0n) is 15.2. The molecule has 0 radical (unpaired) electrons. The van der Waals surface area contributed by atoms with Crippen molar-refractivity contribution in [2.75, 3.05) is 13.7 Å². The van der Waals surface area contributed by atoms with Crippen LogP contribution in [-0.2, 0) is 4.74 Å². The Hall–Kier alpha value is -3.09. The molecule has 0 fully saturated rings. The summed E-state index contributed by atoms with van der Waals surface area (Å²) >= 11 is 0. The molecular formula is C20H19F2NO4. The Kier molecular flexibility index (Phi) is 5.30. The third-order valence-electron chi connectivity index (χ3n) is 4.21. The van der Waals surface area contributed by atoms with Gasteiger partial charge in [0.1, 0.15) is 11.5 Å². The third-order valence-corrected chi connectivity index (χ3v) is 4.21. The number of hydrogen-bond donors (Lipinski definition) is 0. The molecule has 142 valence electrons. The molecule has 0 bridgehead atoms. The van der Waals surface area contributed by atoms with Crippen molar-refractivity contribution < 1.29 is 27.8 Å². The number of nitrogens with zero attached hydrogens (tertiary/aromatic N) is 1. The number of aromatic nitrogens is 1. The lowest BCUT2D eigenvalue weighted by Gasteiger charge is -2.11. The zero-order chi connectivity index (χ0) is 19.6. The van der Waals surface area contributed by atoms with Crippen molar-refractivity contribution in [3.8, 4) is 17.2 Å². The lowest BCUT2D eigenvalue weighted by Crippen LogP contribution is -2.07. The molecule has 0 atom stereocenters. The minimum absolute atomic E-state index is 0.0140. The molecule has 7 heteroatoms. The summed E-state index contributed by atoms with van der Waals surface area (Å²) in [5.74, 6) is 0.232. The van der Waals surface area contributed by atoms with Gasteiger partial charge in [-0.3, -0.25) is 0 Å². The quantitative estimate of drug-likeness (QED) is 0.585. The topological polar surface area (TPSA) is 49.7 Å². The summed E-state index contributed by atoms with van der Waals surface area (Å²) in [5.41, 5.74) is 2.36. The van der Waals surface area contributed by atoms with Crippen LogP contribution in [0.15, 0.2) is 42.5 Å². The molecule has 0 saturated carbocycles. The molecule has 0 aliphatic carbocycles. The standard InChI is InChI=1S/C20H19F2NO4/c1-4-26-19(24)18-12(2)23(13-5-7-14(25-3)8-6-13)17-11-15(27-20(21)22)9-10-16(17)18/h5-11,20H,4H2,1-3H3. The largest absolute Gasteiger partial charge is 0.497 e. The predicted molar refractivity (Wildman–Crippen MR) is 97.2 cm³/mol. The van der Waals surface area contributed by atoms with Gasteiger partial charge in [0.2, 0.25) is 0 Å². The normalized spacial score (nSPS) is 11.0. The van der Waals surface area contributed by atoms with Crippen LogP contribution in [0.5, 0.6) is 11.5 Å². The fraction of sp³-hybridized carbons (Fsp3) is 0.250. The van der Waals surface area contributed by atoms with Crippen LogP contribution in [0.3, 0.4) is 0 Å². The molecule has 0 spiro atoms. The highest BCUT2D eigenvalue weighted by Gasteiger charge is 2.22. The number of fused-ring (bicyclic) bond motifs is 1. The third kappa shape index (κ3) is 3.58. The molecule has 27 heavy (non-hydrogen) atoms. The average molecular weight is 375 g/mol. The van der Waals surface area contributed by atoms with Gasteiger partial charge < -0.3 is 18.8 Å². The monoisotopic (exact) mass is 375 g/mol. The first-order chi connectivity index (χ1) is 13.0. The maximum Gasteiger partial charge on any atom is 0.387 e. The summed E-state index contributed by atoms with van der Waals surface area (Å²) in [7, 11) is 1.57. The molecule has 5 nitrogen and oxygen atoms in total. The Morgan fingerprint density at radius 1 is 1.11 bits per heavy atom. The average Bonchev–Trinajstić information content (AvgIpc) is 2.92. The van der Waals surface area contributed by atoms with E-state index in [0.29, 0.717) is 27.9 Å². The van der Waals surface area contributed by atoms with Gasteiger partial charge in [-0.25, -0.2) is 4.79 Å². The van der Waals surface area contributed by atoms with Crippen molar-refractivity contribution in [3.63, 3.8) is 0 Å². The van der Waals surface area contributed by atoms with Gasteiger partial charge in [-0.1, -0.05) is 0 Å². The summed E-state index contributed by atoms with van der Waals surface area (Å²) in [6.45, 7) is 0.812. The molecule has 2 aromatic carbocycles. The Bertz CT molecular complexity index is 964. The van der Waals surface area contributed by atoms with E-state index < -0.39 is 12.6 Å². The molecule has 0 N–H and O–H groups in total. The highest BCUT2D eigenvalue weighted by Crippen LogP contribution is 2.33. The van der Waals surface area contributed by atoms with Crippen LogP contribution < -0.4 is 9.47 Å². The van der Waals surface area contributed by atoms with E-state index >= 15 is 0 Å². The van der Waals surface area contributed by atoms with Gasteiger partial charge in [0.25, 0.3) is 0 Å². The molecule has 1 aromatic heterocycles. The fourth-order valence-electron chi connectivity index (χ4n) is 3.10. The van der Waals surface area contributed by atoms with E-state index in [2.05, 4.69) is 4.74 Å². The van der Waals surface area contributed by atoms with E-state index in [4.69, 9.17) is 9.47 Å². The van der Waals surface area contributed by atoms with Crippen molar-refractivity contribution in [3.05, 3.63) is 53.7 Å². The predicted octanol–water partition coefficient (Wildman–Crippen LogP) is 4.73. The van der Waals surface area contributed by atoms with Gasteiger partial charge in [0, 0.05) is 22.8 Å². The molecule has 0 saturated heterocycles. The first-order valence-corrected chi connectivity index (χ1v) is 8.37. The number of ether oxygens (including phenoxy) is 3. The van der Waals surface area contributed by atoms with Gasteiger partial charge >= 0.3 is 12.6 Å². The molecule has 1 heterocycles. The number of methoxy groups -OCH3 is 1. The summed E-state index contributed by atoms with van der Waals surface area (Å²) in [6, 6.07) is 11.7. The summed E-state index contributed by atoms with van der Waals surface area (Å²) in [5, 5.41) is 0.600. The van der Waals surface area contributed by atoms with Crippen molar-refractivity contribution >= 4 is 16.9 Å². The van der Waals surface area contributed by atoms with Crippen molar-refractivity contribution in [2.45, 2.75) is 20.5 Å². The number of rotatable bonds is 6. The highest BCUT2D eigenvalue weighted by molar-refractivity contribution is 6.06. The molecule has 0 aliphatic heterocycles. The summed E-state index contributed by atoms with van der Waals surface area (Å²) < 4.78 is 41.9. The van der Waals surface area contributed by atoms with Gasteiger partial charge in [-0.2, -0.15) is 8.78 Å². The smallest absolute Gasteiger partial charge is 0.387 e. The lowest BCUT2D eigenvalue weighted by atomic mass is 10.1. The fourth-order valence-corrected chi connectivity index (χ4v) is 3.10. The van der Waals surface area contributed by atoms with Crippen molar-refractivity contribution in [2.24, 2.45) is 0 Å². The van der Waals surface area contributed by atoms with Gasteiger partial charge in [-0.15, -0.1) is 0 Å². The van der Waals surface area contributed by atoms with Crippen LogP contribution in [0.2, 0.25) is 0 Å². The van der Waals surface area contributed by atoms with Gasteiger partial charge in [0.15, 0.2) is 0 Å². The first-order valence-electron chi connectivity index (χ1n) is 8.37. The molecule has 0 amide bonds. The SMILES string of the molecule is CCOC(=O)c1c(C)n(-c2ccc(OC)cc2)c2cc(OC(F)F)ccc12. The van der Waals surface area contributed by atoms with Gasteiger partial charge in [0.05, 0.1) is 24.8 Å². The summed E-state index contributed by atoms with van der Waals surface area (Å²) in [6.07, 6.45) is 0. The molecular weight excluding hydrogens is 356 g/mol. The second-order valence-electron chi connectivity index (χ2n) is 5.77. The van der Waals surface area contributed by atoms with Crippen LogP contribution in [0, 0.1) is 6.92 Å². The number of benzene rings is 2. The molecule has 0 aliphatic rings. The molecule has 0 unspecified atom stereocenters. The van der Waals surface area contributed by atoms with Crippen LogP contribution in [0.25, 0.3) is 16.6 Å². The van der Waals surface area contributed by atoms with E-state index in [0.717, 1.165) is 5.69 Å². The molecule has 3 aromatic rings. The van der Waals surface area contributed by atoms with Gasteiger partial charge in [-0.05, 0) is 50.2 Å². The minimum Gasteiger partial charge on any atom is -0.497 e. The van der Waals surface area contributed by atoms with Crippen LogP contribution >= 0.6 is 0 Å². The first kappa shape index (κ1) is 18.7. The number of alkyl halides is 2. The minimum atomic E-state index is -2.93. The second-order valence-corrected chi connectivity index (χ2v) is 5.77. The Balaban J connectivity index is 2.24. The molecule has 3 rings (SSSR count). The zero-order valence-corrected chi connectivity index (χ0v) is 15.2. The number of carbonyl (C=O) groups excluding carboxylic acids is 1. The van der Waals surface area contributed by atoms with Crippen LogP contribution in [-0.4, -0.2) is 30.9 Å². The highest BCUT2D eigenvalue weighted by atomic mass is 19.3. The second kappa shape index (κ2) is 7.65. The maximum atomic E-state index is 12.6. The Morgan fingerprint density at radius 3 is 2.37 bits per heavy atom. The number of esters is 1. The number of halogens is 2. The lowest BCUT2D eigenvalue weighted by molar-refractivity contribution is -0.0497. The number of carbonyl (C=O) groups is 1. The van der Waals surface area contributed by atoms with E-state index in [1.165, 1.54) is 12.1 Å².